The van der Waals surface area contributed by atoms with Crippen LogP contribution >= 0.6 is 11.3 Å². The Morgan fingerprint density at radius 3 is 3.00 bits per heavy atom. The fraction of sp³-hybridized carbons (Fsp3) is 0.667. The molecule has 6 heteroatoms. The molecule has 1 saturated heterocycles. The molecule has 1 aliphatic rings. The molecule has 1 aromatic heterocycles. The minimum absolute atomic E-state index is 0.185. The molecule has 0 aliphatic carbocycles. The number of rotatable bonds is 5. The van der Waals surface area contributed by atoms with Gasteiger partial charge in [-0.05, 0) is 43.3 Å². The fourth-order valence-electron chi connectivity index (χ4n) is 2.43. The topological polar surface area (TPSA) is 49.4 Å². The lowest BCUT2D eigenvalue weighted by atomic mass is 10.2. The second-order valence-corrected chi connectivity index (χ2v) is 7.65. The van der Waals surface area contributed by atoms with Gasteiger partial charge in [-0.15, -0.1) is 11.3 Å². The summed E-state index contributed by atoms with van der Waals surface area (Å²) < 4.78 is 27.2. The van der Waals surface area contributed by atoms with Crippen molar-refractivity contribution in [2.24, 2.45) is 0 Å². The summed E-state index contributed by atoms with van der Waals surface area (Å²) >= 11 is 1.33. The van der Waals surface area contributed by atoms with E-state index in [9.17, 15) is 8.42 Å². The first kappa shape index (κ1) is 14.0. The molecule has 18 heavy (non-hydrogen) atoms. The zero-order chi connectivity index (χ0) is 13.2. The Kier molecular flexibility index (Phi) is 4.42. The lowest BCUT2D eigenvalue weighted by Gasteiger charge is -2.21. The van der Waals surface area contributed by atoms with Gasteiger partial charge in [0.15, 0.2) is 0 Å². The Morgan fingerprint density at radius 2 is 2.33 bits per heavy atom. The first-order valence-corrected chi connectivity index (χ1v) is 8.65. The normalized spacial score (nSPS) is 21.6. The third kappa shape index (κ3) is 2.61. The third-order valence-corrected chi connectivity index (χ3v) is 6.78. The third-order valence-electron chi connectivity index (χ3n) is 3.37. The van der Waals surface area contributed by atoms with Crippen LogP contribution in [0.15, 0.2) is 15.7 Å². The van der Waals surface area contributed by atoms with Crippen LogP contribution in [0.25, 0.3) is 0 Å². The van der Waals surface area contributed by atoms with Crippen LogP contribution in [0.1, 0.15) is 31.7 Å². The van der Waals surface area contributed by atoms with E-state index in [1.807, 2.05) is 12.4 Å². The van der Waals surface area contributed by atoms with Crippen molar-refractivity contribution in [3.8, 4) is 0 Å². The molecule has 0 bridgehead atoms. The van der Waals surface area contributed by atoms with Crippen molar-refractivity contribution in [2.75, 3.05) is 13.6 Å². The maximum absolute atomic E-state index is 12.5. The minimum atomic E-state index is -3.27. The number of hydrogen-bond acceptors (Lipinski definition) is 4. The number of nitrogens with one attached hydrogen (secondary N) is 1. The molecule has 0 aromatic carbocycles. The van der Waals surface area contributed by atoms with E-state index in [0.717, 1.165) is 24.8 Å². The largest absolute Gasteiger partial charge is 0.316 e. The van der Waals surface area contributed by atoms with Gasteiger partial charge in [-0.25, -0.2) is 8.42 Å². The van der Waals surface area contributed by atoms with Gasteiger partial charge in [0.2, 0.25) is 0 Å². The molecule has 1 N–H and O–H groups in total. The monoisotopic (exact) mass is 288 g/mol. The molecule has 0 radical (unpaired) electrons. The predicted octanol–water partition coefficient (Wildman–Crippen LogP) is 2.03. The van der Waals surface area contributed by atoms with Crippen LogP contribution in [0.2, 0.25) is 0 Å². The SMILES string of the molecule is CCC1CCCN1S(=O)(=O)c1cc(CNC)cs1. The smallest absolute Gasteiger partial charge is 0.252 e. The van der Waals surface area contributed by atoms with Gasteiger partial charge >= 0.3 is 0 Å². The fourth-order valence-corrected chi connectivity index (χ4v) is 5.54. The van der Waals surface area contributed by atoms with Gasteiger partial charge in [-0.2, -0.15) is 4.31 Å². The number of nitrogens with zero attached hydrogens (tertiary/aromatic N) is 1. The predicted molar refractivity (Wildman–Crippen MR) is 74.3 cm³/mol. The average molecular weight is 288 g/mol. The maximum atomic E-state index is 12.5. The van der Waals surface area contributed by atoms with E-state index in [1.165, 1.54) is 11.3 Å². The van der Waals surface area contributed by atoms with Crippen LogP contribution in [0, 0.1) is 0 Å². The summed E-state index contributed by atoms with van der Waals surface area (Å²) in [4.78, 5) is 0. The van der Waals surface area contributed by atoms with E-state index in [0.29, 0.717) is 17.3 Å². The van der Waals surface area contributed by atoms with E-state index in [2.05, 4.69) is 12.2 Å². The minimum Gasteiger partial charge on any atom is -0.316 e. The van der Waals surface area contributed by atoms with Gasteiger partial charge in [-0.3, -0.25) is 0 Å². The van der Waals surface area contributed by atoms with Crippen molar-refractivity contribution in [1.82, 2.24) is 9.62 Å². The van der Waals surface area contributed by atoms with Gasteiger partial charge in [0.05, 0.1) is 0 Å². The molecule has 1 aromatic rings. The van der Waals surface area contributed by atoms with Gasteiger partial charge in [-0.1, -0.05) is 6.92 Å². The zero-order valence-corrected chi connectivity index (χ0v) is 12.5. The lowest BCUT2D eigenvalue weighted by Crippen LogP contribution is -2.34. The van der Waals surface area contributed by atoms with Crippen LogP contribution < -0.4 is 5.32 Å². The van der Waals surface area contributed by atoms with E-state index >= 15 is 0 Å². The first-order valence-electron chi connectivity index (χ1n) is 6.33. The number of sulfonamides is 1. The molecule has 4 nitrogen and oxygen atoms in total. The number of thiophene rings is 1. The maximum Gasteiger partial charge on any atom is 0.252 e. The van der Waals surface area contributed by atoms with Crippen LogP contribution in [-0.2, 0) is 16.6 Å². The molecule has 1 fully saturated rings. The van der Waals surface area contributed by atoms with E-state index < -0.39 is 10.0 Å². The van der Waals surface area contributed by atoms with Crippen molar-refractivity contribution in [3.05, 3.63) is 17.0 Å². The molecule has 1 unspecified atom stereocenters. The molecule has 1 atom stereocenters. The summed E-state index contributed by atoms with van der Waals surface area (Å²) in [5.41, 5.74) is 1.04. The summed E-state index contributed by atoms with van der Waals surface area (Å²) in [6, 6.07) is 1.98. The van der Waals surface area contributed by atoms with Crippen molar-refractivity contribution in [2.45, 2.75) is 43.0 Å². The highest BCUT2D eigenvalue weighted by Crippen LogP contribution is 2.30. The van der Waals surface area contributed by atoms with Crippen molar-refractivity contribution in [3.63, 3.8) is 0 Å². The van der Waals surface area contributed by atoms with Crippen LogP contribution in [0.4, 0.5) is 0 Å². The van der Waals surface area contributed by atoms with Gasteiger partial charge in [0.25, 0.3) is 10.0 Å². The summed E-state index contributed by atoms with van der Waals surface area (Å²) in [7, 11) is -1.41. The van der Waals surface area contributed by atoms with Crippen LogP contribution in [0.5, 0.6) is 0 Å². The van der Waals surface area contributed by atoms with E-state index in [1.54, 1.807) is 10.4 Å². The van der Waals surface area contributed by atoms with E-state index in [-0.39, 0.29) is 6.04 Å². The Balaban J connectivity index is 2.24. The first-order chi connectivity index (χ1) is 8.59. The Morgan fingerprint density at radius 1 is 1.56 bits per heavy atom. The Bertz CT molecular complexity index is 496. The highest BCUT2D eigenvalue weighted by molar-refractivity contribution is 7.91. The second-order valence-electron chi connectivity index (χ2n) is 4.62. The molecule has 0 spiro atoms. The molecule has 2 rings (SSSR count). The summed E-state index contributed by atoms with van der Waals surface area (Å²) in [5.74, 6) is 0. The quantitative estimate of drug-likeness (QED) is 0.902. The van der Waals surface area contributed by atoms with Gasteiger partial charge < -0.3 is 5.32 Å². The Hall–Kier alpha value is -0.430. The Labute approximate surface area is 113 Å². The van der Waals surface area contributed by atoms with Gasteiger partial charge in [0.1, 0.15) is 4.21 Å². The van der Waals surface area contributed by atoms with Crippen LogP contribution in [-0.4, -0.2) is 32.4 Å². The molecule has 0 saturated carbocycles. The van der Waals surface area contributed by atoms with Crippen molar-refractivity contribution < 1.29 is 8.42 Å². The molecular weight excluding hydrogens is 268 g/mol. The zero-order valence-electron chi connectivity index (χ0n) is 10.8. The highest BCUT2D eigenvalue weighted by Gasteiger charge is 2.34. The molecule has 0 amide bonds. The molecular formula is C12H20N2O2S2. The lowest BCUT2D eigenvalue weighted by molar-refractivity contribution is 0.380. The summed E-state index contributed by atoms with van der Waals surface area (Å²) in [5, 5.41) is 4.95. The molecule has 102 valence electrons. The second kappa shape index (κ2) is 5.69. The van der Waals surface area contributed by atoms with Crippen molar-refractivity contribution in [1.29, 1.82) is 0 Å². The summed E-state index contributed by atoms with van der Waals surface area (Å²) in [6.45, 7) is 3.43. The van der Waals surface area contributed by atoms with Gasteiger partial charge in [0, 0.05) is 19.1 Å². The van der Waals surface area contributed by atoms with Crippen LogP contribution in [0.3, 0.4) is 0 Å². The summed E-state index contributed by atoms with van der Waals surface area (Å²) in [6.07, 6.45) is 2.87. The highest BCUT2D eigenvalue weighted by atomic mass is 32.2. The standard InChI is InChI=1S/C12H20N2O2S2/c1-3-11-5-4-6-14(11)18(15,16)12-7-10(8-13-2)9-17-12/h7,9,11,13H,3-6,8H2,1-2H3. The molecule has 2 heterocycles. The van der Waals surface area contributed by atoms with Crippen molar-refractivity contribution >= 4 is 21.4 Å². The molecule has 1 aliphatic heterocycles. The average Bonchev–Trinajstić information content (AvgIpc) is 2.97. The number of hydrogen-bond donors (Lipinski definition) is 1. The van der Waals surface area contributed by atoms with E-state index in [4.69, 9.17) is 0 Å².